The van der Waals surface area contributed by atoms with Gasteiger partial charge in [-0.3, -0.25) is 4.90 Å². The monoisotopic (exact) mass is 302 g/mol. The van der Waals surface area contributed by atoms with Crippen LogP contribution in [0.5, 0.6) is 0 Å². The molecule has 1 heterocycles. The lowest BCUT2D eigenvalue weighted by Gasteiger charge is -2.36. The van der Waals surface area contributed by atoms with Crippen LogP contribution < -0.4 is 5.73 Å². The normalized spacial score (nSPS) is 25.8. The zero-order chi connectivity index (χ0) is 15.6. The van der Waals surface area contributed by atoms with Crippen LogP contribution in [0.15, 0.2) is 24.3 Å². The Morgan fingerprint density at radius 1 is 1.24 bits per heavy atom. The minimum Gasteiger partial charge on any atom is -0.373 e. The van der Waals surface area contributed by atoms with Crippen molar-refractivity contribution < 1.29 is 17.9 Å². The summed E-state index contributed by atoms with van der Waals surface area (Å²) in [5.41, 5.74) is 5.54. The molecule has 0 aromatic heterocycles. The van der Waals surface area contributed by atoms with Crippen molar-refractivity contribution in [3.8, 4) is 0 Å². The summed E-state index contributed by atoms with van der Waals surface area (Å²) in [5, 5.41) is 0. The van der Waals surface area contributed by atoms with E-state index in [1.807, 2.05) is 13.8 Å². The maximum absolute atomic E-state index is 13.0. The van der Waals surface area contributed by atoms with Gasteiger partial charge >= 0.3 is 6.18 Å². The first kappa shape index (κ1) is 16.3. The lowest BCUT2D eigenvalue weighted by molar-refractivity contribution is -0.138. The predicted octanol–water partition coefficient (Wildman–Crippen LogP) is 2.81. The van der Waals surface area contributed by atoms with Gasteiger partial charge in [0.05, 0.1) is 17.8 Å². The quantitative estimate of drug-likeness (QED) is 0.933. The summed E-state index contributed by atoms with van der Waals surface area (Å²) < 4.78 is 44.7. The number of hydrogen-bond acceptors (Lipinski definition) is 3. The molecule has 3 atom stereocenters. The third-order valence-corrected chi connectivity index (χ3v) is 3.62. The molecule has 1 saturated heterocycles. The molecule has 1 aliphatic heterocycles. The van der Waals surface area contributed by atoms with Crippen LogP contribution >= 0.6 is 0 Å². The molecule has 1 unspecified atom stereocenters. The summed E-state index contributed by atoms with van der Waals surface area (Å²) in [6.07, 6.45) is -4.24. The SMILES string of the molecule is C[C@@H]1CN(CC(N)c2ccccc2C(F)(F)F)C[C@H](C)O1. The second-order valence-electron chi connectivity index (χ2n) is 5.67. The van der Waals surface area contributed by atoms with E-state index in [9.17, 15) is 13.2 Å². The van der Waals surface area contributed by atoms with Gasteiger partial charge in [0.2, 0.25) is 0 Å². The van der Waals surface area contributed by atoms with Crippen molar-refractivity contribution >= 4 is 0 Å². The fraction of sp³-hybridized carbons (Fsp3) is 0.600. The highest BCUT2D eigenvalue weighted by molar-refractivity contribution is 5.32. The molecule has 0 saturated carbocycles. The van der Waals surface area contributed by atoms with E-state index in [-0.39, 0.29) is 17.8 Å². The van der Waals surface area contributed by atoms with Gasteiger partial charge in [0.25, 0.3) is 0 Å². The summed E-state index contributed by atoms with van der Waals surface area (Å²) >= 11 is 0. The molecule has 2 N–H and O–H groups in total. The minimum absolute atomic E-state index is 0.0683. The second-order valence-corrected chi connectivity index (χ2v) is 5.67. The molecule has 118 valence electrons. The smallest absolute Gasteiger partial charge is 0.373 e. The zero-order valence-corrected chi connectivity index (χ0v) is 12.2. The fourth-order valence-corrected chi connectivity index (χ4v) is 2.89. The molecule has 2 rings (SSSR count). The Bertz CT molecular complexity index is 468. The molecule has 0 amide bonds. The van der Waals surface area contributed by atoms with Crippen LogP contribution in [0, 0.1) is 0 Å². The van der Waals surface area contributed by atoms with E-state index in [1.165, 1.54) is 12.1 Å². The Morgan fingerprint density at radius 3 is 2.38 bits per heavy atom. The topological polar surface area (TPSA) is 38.5 Å². The van der Waals surface area contributed by atoms with Gasteiger partial charge in [-0.15, -0.1) is 0 Å². The van der Waals surface area contributed by atoms with E-state index < -0.39 is 17.8 Å². The number of benzene rings is 1. The molecule has 0 radical (unpaired) electrons. The third kappa shape index (κ3) is 4.18. The molecule has 0 aliphatic carbocycles. The molecule has 1 aromatic rings. The van der Waals surface area contributed by atoms with Crippen molar-refractivity contribution in [1.82, 2.24) is 4.90 Å². The van der Waals surface area contributed by atoms with Crippen LogP contribution in [-0.4, -0.2) is 36.7 Å². The maximum Gasteiger partial charge on any atom is 0.416 e. The zero-order valence-electron chi connectivity index (χ0n) is 12.2. The van der Waals surface area contributed by atoms with Gasteiger partial charge in [0.1, 0.15) is 0 Å². The molecular formula is C15H21F3N2O. The van der Waals surface area contributed by atoms with Gasteiger partial charge in [-0.2, -0.15) is 13.2 Å². The molecule has 1 fully saturated rings. The molecule has 1 aliphatic rings. The molecule has 0 spiro atoms. The Morgan fingerprint density at radius 2 is 1.81 bits per heavy atom. The summed E-state index contributed by atoms with van der Waals surface area (Å²) in [5.74, 6) is 0. The number of ether oxygens (including phenoxy) is 1. The number of halogens is 3. The van der Waals surface area contributed by atoms with E-state index in [1.54, 1.807) is 6.07 Å². The molecule has 1 aromatic carbocycles. The molecule has 21 heavy (non-hydrogen) atoms. The lowest BCUT2D eigenvalue weighted by atomic mass is 9.99. The highest BCUT2D eigenvalue weighted by atomic mass is 19.4. The maximum atomic E-state index is 13.0. The van der Waals surface area contributed by atoms with Crippen molar-refractivity contribution in [2.24, 2.45) is 5.73 Å². The van der Waals surface area contributed by atoms with Crippen molar-refractivity contribution in [2.45, 2.75) is 38.3 Å². The number of morpholine rings is 1. The fourth-order valence-electron chi connectivity index (χ4n) is 2.89. The largest absolute Gasteiger partial charge is 0.416 e. The van der Waals surface area contributed by atoms with Gasteiger partial charge in [-0.05, 0) is 25.5 Å². The summed E-state index contributed by atoms with van der Waals surface area (Å²) in [6.45, 7) is 5.68. The van der Waals surface area contributed by atoms with E-state index in [4.69, 9.17) is 10.5 Å². The van der Waals surface area contributed by atoms with Crippen LogP contribution in [-0.2, 0) is 10.9 Å². The lowest BCUT2D eigenvalue weighted by Crippen LogP contribution is -2.47. The van der Waals surface area contributed by atoms with Crippen LogP contribution in [0.4, 0.5) is 13.2 Å². The van der Waals surface area contributed by atoms with E-state index in [2.05, 4.69) is 4.90 Å². The van der Waals surface area contributed by atoms with Crippen LogP contribution in [0.1, 0.15) is 31.0 Å². The Hall–Kier alpha value is -1.11. The third-order valence-electron chi connectivity index (χ3n) is 3.62. The summed E-state index contributed by atoms with van der Waals surface area (Å²) in [6, 6.07) is 4.85. The van der Waals surface area contributed by atoms with Crippen LogP contribution in [0.3, 0.4) is 0 Å². The van der Waals surface area contributed by atoms with Crippen molar-refractivity contribution in [1.29, 1.82) is 0 Å². The summed E-state index contributed by atoms with van der Waals surface area (Å²) in [4.78, 5) is 2.07. The first-order valence-corrected chi connectivity index (χ1v) is 7.07. The van der Waals surface area contributed by atoms with Gasteiger partial charge in [0, 0.05) is 25.7 Å². The standard InChI is InChI=1S/C15H21F3N2O/c1-10-7-20(8-11(2)21-10)9-14(19)12-5-3-4-6-13(12)15(16,17)18/h3-6,10-11,14H,7-9,19H2,1-2H3/t10-,11+,14?. The Labute approximate surface area is 122 Å². The number of nitrogens with two attached hydrogens (primary N) is 1. The van der Waals surface area contributed by atoms with Crippen molar-refractivity contribution in [3.63, 3.8) is 0 Å². The van der Waals surface area contributed by atoms with Crippen molar-refractivity contribution in [3.05, 3.63) is 35.4 Å². The van der Waals surface area contributed by atoms with E-state index in [0.29, 0.717) is 19.6 Å². The Kier molecular flexibility index (Phi) is 4.91. The number of alkyl halides is 3. The van der Waals surface area contributed by atoms with Gasteiger partial charge in [-0.25, -0.2) is 0 Å². The van der Waals surface area contributed by atoms with Gasteiger partial charge in [0.15, 0.2) is 0 Å². The van der Waals surface area contributed by atoms with E-state index in [0.717, 1.165) is 6.07 Å². The van der Waals surface area contributed by atoms with E-state index >= 15 is 0 Å². The number of nitrogens with zero attached hydrogens (tertiary/aromatic N) is 1. The highest BCUT2D eigenvalue weighted by Gasteiger charge is 2.35. The van der Waals surface area contributed by atoms with Crippen LogP contribution in [0.2, 0.25) is 0 Å². The molecule has 3 nitrogen and oxygen atoms in total. The van der Waals surface area contributed by atoms with Crippen molar-refractivity contribution in [2.75, 3.05) is 19.6 Å². The Balaban J connectivity index is 2.12. The highest BCUT2D eigenvalue weighted by Crippen LogP contribution is 2.34. The van der Waals surface area contributed by atoms with Crippen LogP contribution in [0.25, 0.3) is 0 Å². The predicted molar refractivity (Wildman–Crippen MR) is 74.8 cm³/mol. The molecule has 0 bridgehead atoms. The van der Waals surface area contributed by atoms with Gasteiger partial charge in [-0.1, -0.05) is 18.2 Å². The van der Waals surface area contributed by atoms with Gasteiger partial charge < -0.3 is 10.5 Å². The average Bonchev–Trinajstić information content (AvgIpc) is 2.36. The summed E-state index contributed by atoms with van der Waals surface area (Å²) in [7, 11) is 0. The molecular weight excluding hydrogens is 281 g/mol. The molecule has 6 heteroatoms. The first-order chi connectivity index (χ1) is 9.77. The minimum atomic E-state index is -4.38. The average molecular weight is 302 g/mol. The first-order valence-electron chi connectivity index (χ1n) is 7.07. The number of rotatable bonds is 3. The second kappa shape index (κ2) is 6.34. The number of hydrogen-bond donors (Lipinski definition) is 1.